The van der Waals surface area contributed by atoms with Crippen LogP contribution in [0.4, 0.5) is 0 Å². The molecule has 3 N–H and O–H groups in total. The van der Waals surface area contributed by atoms with Gasteiger partial charge < -0.3 is 10.8 Å². The number of nitrogens with two attached hydrogens (primary N) is 1. The normalized spacial score (nSPS) is 31.7. The smallest absolute Gasteiger partial charge is 0.0734 e. The number of aliphatic hydroxyl groups excluding tert-OH is 1. The van der Waals surface area contributed by atoms with E-state index >= 15 is 0 Å². The van der Waals surface area contributed by atoms with E-state index in [1.807, 2.05) is 17.9 Å². The second-order valence-corrected chi connectivity index (χ2v) is 5.04. The number of aryl methyl sites for hydroxylation is 1. The predicted octanol–water partition coefficient (Wildman–Crippen LogP) is 0.293. The summed E-state index contributed by atoms with van der Waals surface area (Å²) in [6.45, 7) is 0.0334. The second kappa shape index (κ2) is 2.62. The lowest BCUT2D eigenvalue weighted by Gasteiger charge is -2.40. The van der Waals surface area contributed by atoms with Gasteiger partial charge in [-0.2, -0.15) is 5.10 Å². The summed E-state index contributed by atoms with van der Waals surface area (Å²) in [4.78, 5) is 0. The van der Waals surface area contributed by atoms with Crippen LogP contribution in [0, 0.1) is 5.41 Å². The van der Waals surface area contributed by atoms with Gasteiger partial charge in [-0.15, -0.1) is 0 Å². The fourth-order valence-corrected chi connectivity index (χ4v) is 3.10. The largest absolute Gasteiger partial charge is 0.394 e. The molecule has 0 bridgehead atoms. The van der Waals surface area contributed by atoms with Crippen LogP contribution >= 0.6 is 0 Å². The van der Waals surface area contributed by atoms with Crippen molar-refractivity contribution >= 4 is 0 Å². The van der Waals surface area contributed by atoms with E-state index in [9.17, 15) is 5.11 Å². The SMILES string of the molecule is Cn1ncc2c1CCC1(CC1)C2(N)CO. The highest BCUT2D eigenvalue weighted by Crippen LogP contribution is 2.62. The maximum Gasteiger partial charge on any atom is 0.0734 e. The first-order chi connectivity index (χ1) is 7.13. The third-order valence-corrected chi connectivity index (χ3v) is 4.43. The quantitative estimate of drug-likeness (QED) is 0.696. The Morgan fingerprint density at radius 3 is 2.87 bits per heavy atom. The van der Waals surface area contributed by atoms with Crippen molar-refractivity contribution < 1.29 is 5.11 Å². The lowest BCUT2D eigenvalue weighted by molar-refractivity contribution is 0.108. The van der Waals surface area contributed by atoms with E-state index in [0.717, 1.165) is 31.2 Å². The van der Waals surface area contributed by atoms with E-state index in [1.54, 1.807) is 0 Å². The van der Waals surface area contributed by atoms with Gasteiger partial charge in [-0.05, 0) is 31.1 Å². The Morgan fingerprint density at radius 1 is 1.53 bits per heavy atom. The molecule has 15 heavy (non-hydrogen) atoms. The number of rotatable bonds is 1. The Bertz CT molecular complexity index is 408. The van der Waals surface area contributed by atoms with Crippen molar-refractivity contribution in [2.24, 2.45) is 18.2 Å². The number of hydrogen-bond acceptors (Lipinski definition) is 3. The van der Waals surface area contributed by atoms with E-state index in [2.05, 4.69) is 5.10 Å². The van der Waals surface area contributed by atoms with Gasteiger partial charge in [0.1, 0.15) is 0 Å². The third kappa shape index (κ3) is 0.961. The molecule has 0 amide bonds. The van der Waals surface area contributed by atoms with Crippen molar-refractivity contribution in [2.45, 2.75) is 31.2 Å². The fraction of sp³-hybridized carbons (Fsp3) is 0.727. The molecule has 0 aromatic carbocycles. The van der Waals surface area contributed by atoms with Crippen LogP contribution in [0.15, 0.2) is 6.20 Å². The van der Waals surface area contributed by atoms with Gasteiger partial charge in [-0.25, -0.2) is 0 Å². The maximum absolute atomic E-state index is 9.62. The summed E-state index contributed by atoms with van der Waals surface area (Å²) >= 11 is 0. The molecule has 82 valence electrons. The Labute approximate surface area is 89.1 Å². The first-order valence-corrected chi connectivity index (χ1v) is 5.54. The van der Waals surface area contributed by atoms with E-state index < -0.39 is 5.54 Å². The molecule has 0 aliphatic heterocycles. The average molecular weight is 207 g/mol. The number of aliphatic hydroxyl groups is 1. The van der Waals surface area contributed by atoms with Crippen LogP contribution in [0.25, 0.3) is 0 Å². The van der Waals surface area contributed by atoms with E-state index in [-0.39, 0.29) is 12.0 Å². The first-order valence-electron chi connectivity index (χ1n) is 5.54. The Morgan fingerprint density at radius 2 is 2.27 bits per heavy atom. The van der Waals surface area contributed by atoms with Crippen molar-refractivity contribution in [3.05, 3.63) is 17.5 Å². The van der Waals surface area contributed by atoms with Crippen molar-refractivity contribution in [3.8, 4) is 0 Å². The molecule has 4 nitrogen and oxygen atoms in total. The first kappa shape index (κ1) is 9.36. The molecule has 2 aliphatic rings. The molecule has 3 rings (SSSR count). The molecule has 1 heterocycles. The third-order valence-electron chi connectivity index (χ3n) is 4.43. The van der Waals surface area contributed by atoms with Gasteiger partial charge in [-0.3, -0.25) is 4.68 Å². The average Bonchev–Trinajstić information content (AvgIpc) is 2.93. The summed E-state index contributed by atoms with van der Waals surface area (Å²) < 4.78 is 1.89. The molecule has 1 aromatic heterocycles. The predicted molar refractivity (Wildman–Crippen MR) is 56.1 cm³/mol. The lowest BCUT2D eigenvalue weighted by Crippen LogP contribution is -2.51. The molecule has 0 saturated heterocycles. The molecule has 1 aromatic rings. The Kier molecular flexibility index (Phi) is 1.64. The number of aromatic nitrogens is 2. The molecule has 2 aliphatic carbocycles. The van der Waals surface area contributed by atoms with Gasteiger partial charge in [0.05, 0.1) is 18.3 Å². The molecule has 4 heteroatoms. The zero-order valence-electron chi connectivity index (χ0n) is 9.03. The molecular weight excluding hydrogens is 190 g/mol. The lowest BCUT2D eigenvalue weighted by atomic mass is 9.69. The molecular formula is C11H17N3O. The number of hydrogen-bond donors (Lipinski definition) is 2. The minimum Gasteiger partial charge on any atom is -0.394 e. The van der Waals surface area contributed by atoms with Crippen LogP contribution < -0.4 is 5.73 Å². The van der Waals surface area contributed by atoms with Crippen LogP contribution in [0.3, 0.4) is 0 Å². The van der Waals surface area contributed by atoms with Crippen LogP contribution in [0.1, 0.15) is 30.5 Å². The highest BCUT2D eigenvalue weighted by Gasteiger charge is 2.60. The molecule has 1 atom stereocenters. The van der Waals surface area contributed by atoms with Gasteiger partial charge in [-0.1, -0.05) is 0 Å². The van der Waals surface area contributed by atoms with Crippen molar-refractivity contribution in [1.29, 1.82) is 0 Å². The van der Waals surface area contributed by atoms with Gasteiger partial charge in [0.15, 0.2) is 0 Å². The fourth-order valence-electron chi connectivity index (χ4n) is 3.10. The molecule has 1 fully saturated rings. The summed E-state index contributed by atoms with van der Waals surface area (Å²) in [6, 6.07) is 0. The summed E-state index contributed by atoms with van der Waals surface area (Å²) in [6.07, 6.45) is 6.28. The highest BCUT2D eigenvalue weighted by atomic mass is 16.3. The Hall–Kier alpha value is -0.870. The summed E-state index contributed by atoms with van der Waals surface area (Å²) in [5.74, 6) is 0. The van der Waals surface area contributed by atoms with Crippen molar-refractivity contribution in [1.82, 2.24) is 9.78 Å². The van der Waals surface area contributed by atoms with Gasteiger partial charge in [0.2, 0.25) is 0 Å². The summed E-state index contributed by atoms with van der Waals surface area (Å²) in [7, 11) is 1.95. The van der Waals surface area contributed by atoms with Crippen LogP contribution in [-0.4, -0.2) is 21.5 Å². The maximum atomic E-state index is 9.62. The van der Waals surface area contributed by atoms with Gasteiger partial charge in [0.25, 0.3) is 0 Å². The number of nitrogens with zero attached hydrogens (tertiary/aromatic N) is 2. The summed E-state index contributed by atoms with van der Waals surface area (Å²) in [5.41, 5.74) is 8.30. The van der Waals surface area contributed by atoms with Gasteiger partial charge in [0, 0.05) is 18.3 Å². The van der Waals surface area contributed by atoms with E-state index in [0.29, 0.717) is 0 Å². The Balaban J connectivity index is 2.16. The monoisotopic (exact) mass is 207 g/mol. The molecule has 1 unspecified atom stereocenters. The zero-order chi connectivity index (χ0) is 10.7. The van der Waals surface area contributed by atoms with Crippen LogP contribution in [-0.2, 0) is 19.0 Å². The van der Waals surface area contributed by atoms with Crippen molar-refractivity contribution in [2.75, 3.05) is 6.61 Å². The van der Waals surface area contributed by atoms with E-state index in [1.165, 1.54) is 5.69 Å². The highest BCUT2D eigenvalue weighted by molar-refractivity contribution is 5.36. The second-order valence-electron chi connectivity index (χ2n) is 5.04. The molecule has 0 radical (unpaired) electrons. The van der Waals surface area contributed by atoms with Crippen LogP contribution in [0.5, 0.6) is 0 Å². The number of fused-ring (bicyclic) bond motifs is 1. The molecule has 1 saturated carbocycles. The topological polar surface area (TPSA) is 64.1 Å². The minimum atomic E-state index is -0.547. The van der Waals surface area contributed by atoms with E-state index in [4.69, 9.17) is 5.73 Å². The molecule has 1 spiro atoms. The standard InChI is InChI=1S/C11H17N3O/c1-14-9-2-3-10(4-5-10)11(12,7-15)8(9)6-13-14/h6,15H,2-5,7,12H2,1H3. The minimum absolute atomic E-state index is 0.0334. The van der Waals surface area contributed by atoms with Gasteiger partial charge >= 0.3 is 0 Å². The zero-order valence-corrected chi connectivity index (χ0v) is 9.03. The van der Waals surface area contributed by atoms with Crippen molar-refractivity contribution in [3.63, 3.8) is 0 Å². The summed E-state index contributed by atoms with van der Waals surface area (Å²) in [5, 5.41) is 13.9. The van der Waals surface area contributed by atoms with Crippen LogP contribution in [0.2, 0.25) is 0 Å².